The molecular weight excluding hydrogens is 154 g/mol. The lowest BCUT2D eigenvalue weighted by atomic mass is 10.4. The number of rotatable bonds is 0. The van der Waals surface area contributed by atoms with Gasteiger partial charge in [0.25, 0.3) is 0 Å². The molecule has 0 radical (unpaired) electrons. The minimum absolute atomic E-state index is 0.144. The van der Waals surface area contributed by atoms with Crippen LogP contribution in [0.15, 0.2) is 18.3 Å². The van der Waals surface area contributed by atoms with Crippen molar-refractivity contribution < 1.29 is 24.9 Å². The maximum absolute atomic E-state index is 4.51. The second-order valence-electron chi connectivity index (χ2n) is 1.68. The number of fused-ring (bicyclic) bond motifs is 1. The summed E-state index contributed by atoms with van der Waals surface area (Å²) < 4.78 is 0. The Hall–Kier alpha value is -1.37. The van der Waals surface area contributed by atoms with Gasteiger partial charge in [0, 0.05) is 21.3 Å². The molecule has 58 valence electrons. The Balaban J connectivity index is 2.33. The van der Waals surface area contributed by atoms with E-state index in [2.05, 4.69) is 29.9 Å². The molecule has 0 aromatic carbocycles. The quantitative estimate of drug-likeness (QED) is 0.513. The summed E-state index contributed by atoms with van der Waals surface area (Å²) in [7, 11) is 0. The molecule has 1 aliphatic heterocycles. The summed E-state index contributed by atoms with van der Waals surface area (Å²) in [6.45, 7) is 0. The highest BCUT2D eigenvalue weighted by atomic mass is 17.8. The lowest BCUT2D eigenvalue weighted by Crippen LogP contribution is -1.96. The van der Waals surface area contributed by atoms with Crippen LogP contribution in [0, 0.1) is 0 Å². The third kappa shape index (κ3) is 1.22. The minimum atomic E-state index is 0.144. The molecule has 11 heavy (non-hydrogen) atoms. The Morgan fingerprint density at radius 3 is 3.00 bits per heavy atom. The molecule has 6 heteroatoms. The van der Waals surface area contributed by atoms with Gasteiger partial charge in [0.2, 0.25) is 5.75 Å². The number of hydrogen-bond donors (Lipinski definition) is 0. The van der Waals surface area contributed by atoms with Gasteiger partial charge in [0.05, 0.1) is 0 Å². The zero-order chi connectivity index (χ0) is 7.52. The molecule has 0 N–H and O–H groups in total. The van der Waals surface area contributed by atoms with E-state index >= 15 is 0 Å². The smallest absolute Gasteiger partial charge is 0.300 e. The highest BCUT2D eigenvalue weighted by Crippen LogP contribution is 2.25. The van der Waals surface area contributed by atoms with Gasteiger partial charge in [-0.3, -0.25) is 4.89 Å². The van der Waals surface area contributed by atoms with Crippen LogP contribution in [0.3, 0.4) is 0 Å². The summed E-state index contributed by atoms with van der Waals surface area (Å²) in [5.41, 5.74) is 0. The van der Waals surface area contributed by atoms with Gasteiger partial charge >= 0.3 is 5.88 Å². The number of aromatic nitrogens is 1. The van der Waals surface area contributed by atoms with Crippen LogP contribution in [0.25, 0.3) is 0 Å². The molecule has 0 saturated carbocycles. The second-order valence-corrected chi connectivity index (χ2v) is 1.68. The van der Waals surface area contributed by atoms with Gasteiger partial charge in [0.15, 0.2) is 0 Å². The third-order valence-corrected chi connectivity index (χ3v) is 1.03. The largest absolute Gasteiger partial charge is 0.306 e. The van der Waals surface area contributed by atoms with E-state index in [-0.39, 0.29) is 11.6 Å². The molecule has 1 aromatic heterocycles. The zero-order valence-corrected chi connectivity index (χ0v) is 5.22. The molecule has 0 bridgehead atoms. The summed E-state index contributed by atoms with van der Waals surface area (Å²) in [6, 6.07) is 3.23. The predicted octanol–water partition coefficient (Wildman–Crippen LogP) is 0.563. The van der Waals surface area contributed by atoms with Crippen LogP contribution in [0.2, 0.25) is 0 Å². The van der Waals surface area contributed by atoms with Crippen LogP contribution in [-0.2, 0) is 15.1 Å². The minimum Gasteiger partial charge on any atom is -0.300 e. The highest BCUT2D eigenvalue weighted by molar-refractivity contribution is 5.31. The molecular formula is C5H3NO5. The number of pyridine rings is 1. The Bertz CT molecular complexity index is 227. The van der Waals surface area contributed by atoms with Crippen molar-refractivity contribution in [1.82, 2.24) is 4.98 Å². The van der Waals surface area contributed by atoms with Gasteiger partial charge in [-0.2, -0.15) is 0 Å². The zero-order valence-electron chi connectivity index (χ0n) is 5.22. The van der Waals surface area contributed by atoms with E-state index in [1.165, 1.54) is 6.20 Å². The lowest BCUT2D eigenvalue weighted by Gasteiger charge is -1.95. The van der Waals surface area contributed by atoms with Crippen molar-refractivity contribution in [1.29, 1.82) is 0 Å². The number of nitrogens with zero attached hydrogens (tertiary/aromatic N) is 1. The normalized spacial score (nSPS) is 15.6. The summed E-state index contributed by atoms with van der Waals surface area (Å²) in [5.74, 6) is 0.426. The van der Waals surface area contributed by atoms with E-state index in [1.54, 1.807) is 12.1 Å². The molecule has 0 atom stereocenters. The van der Waals surface area contributed by atoms with Gasteiger partial charge in [0.1, 0.15) is 0 Å². The molecule has 2 rings (SSSR count). The first kappa shape index (κ1) is 6.35. The van der Waals surface area contributed by atoms with Gasteiger partial charge in [-0.25, -0.2) is 4.98 Å². The average Bonchev–Trinajstić information content (AvgIpc) is 2.28. The summed E-state index contributed by atoms with van der Waals surface area (Å²) in [4.78, 5) is 12.7. The van der Waals surface area contributed by atoms with Crippen LogP contribution in [0.4, 0.5) is 0 Å². The van der Waals surface area contributed by atoms with Crippen molar-refractivity contribution in [2.75, 3.05) is 0 Å². The van der Waals surface area contributed by atoms with E-state index in [0.717, 1.165) is 0 Å². The lowest BCUT2D eigenvalue weighted by molar-refractivity contribution is -0.663. The summed E-state index contributed by atoms with van der Waals surface area (Å²) >= 11 is 0. The molecule has 0 amide bonds. The molecule has 0 fully saturated rings. The maximum Gasteiger partial charge on any atom is 0.306 e. The molecule has 0 spiro atoms. The Morgan fingerprint density at radius 2 is 2.00 bits per heavy atom. The molecule has 1 aromatic rings. The van der Waals surface area contributed by atoms with Crippen molar-refractivity contribution >= 4 is 0 Å². The van der Waals surface area contributed by atoms with E-state index in [4.69, 9.17) is 0 Å². The van der Waals surface area contributed by atoms with Gasteiger partial charge in [-0.1, -0.05) is 0 Å². The Labute approximate surface area is 60.9 Å². The monoisotopic (exact) mass is 157 g/mol. The van der Waals surface area contributed by atoms with Crippen molar-refractivity contribution in [3.05, 3.63) is 18.3 Å². The average molecular weight is 157 g/mol. The molecule has 2 heterocycles. The van der Waals surface area contributed by atoms with Crippen LogP contribution >= 0.6 is 0 Å². The second kappa shape index (κ2) is 2.70. The topological polar surface area (TPSA) is 59.0 Å². The van der Waals surface area contributed by atoms with Gasteiger partial charge < -0.3 is 4.89 Å². The van der Waals surface area contributed by atoms with Crippen molar-refractivity contribution in [2.24, 2.45) is 0 Å². The van der Waals surface area contributed by atoms with Crippen molar-refractivity contribution in [3.8, 4) is 11.6 Å². The Kier molecular flexibility index (Phi) is 1.56. The SMILES string of the molecule is c1cnc2c(c1)OOOOO2. The van der Waals surface area contributed by atoms with Gasteiger partial charge in [-0.15, -0.1) is 0 Å². The fourth-order valence-corrected chi connectivity index (χ4v) is 0.610. The van der Waals surface area contributed by atoms with E-state index in [1.807, 2.05) is 0 Å². The first-order chi connectivity index (χ1) is 5.47. The highest BCUT2D eigenvalue weighted by Gasteiger charge is 2.13. The fourth-order valence-electron chi connectivity index (χ4n) is 0.610. The first-order valence-corrected chi connectivity index (χ1v) is 2.76. The maximum atomic E-state index is 4.51. The predicted molar refractivity (Wildman–Crippen MR) is 28.7 cm³/mol. The third-order valence-electron chi connectivity index (χ3n) is 1.03. The van der Waals surface area contributed by atoms with Crippen molar-refractivity contribution in [2.45, 2.75) is 0 Å². The van der Waals surface area contributed by atoms with Crippen LogP contribution in [0.5, 0.6) is 11.6 Å². The fraction of sp³-hybridized carbons (Fsp3) is 0. The molecule has 0 saturated heterocycles. The van der Waals surface area contributed by atoms with Gasteiger partial charge in [-0.05, 0) is 12.1 Å². The molecule has 6 nitrogen and oxygen atoms in total. The van der Waals surface area contributed by atoms with Crippen LogP contribution in [-0.4, -0.2) is 4.98 Å². The van der Waals surface area contributed by atoms with Crippen LogP contribution in [0.1, 0.15) is 0 Å². The number of hydrogen-bond acceptors (Lipinski definition) is 6. The van der Waals surface area contributed by atoms with E-state index < -0.39 is 0 Å². The first-order valence-electron chi connectivity index (χ1n) is 2.76. The molecule has 0 unspecified atom stereocenters. The van der Waals surface area contributed by atoms with Crippen molar-refractivity contribution in [3.63, 3.8) is 0 Å². The summed E-state index contributed by atoms with van der Waals surface area (Å²) in [5, 5.41) is 11.9. The standard InChI is InChI=1S/C5H3NO5/c1-2-4-5(6-3-1)8-10-11-9-7-4/h1-3H. The van der Waals surface area contributed by atoms with E-state index in [9.17, 15) is 0 Å². The summed E-state index contributed by atoms with van der Waals surface area (Å²) in [6.07, 6.45) is 1.51. The molecule has 1 aliphatic rings. The van der Waals surface area contributed by atoms with Crippen LogP contribution < -0.4 is 9.78 Å². The van der Waals surface area contributed by atoms with E-state index in [0.29, 0.717) is 0 Å². The molecule has 0 aliphatic carbocycles. The Morgan fingerprint density at radius 1 is 1.09 bits per heavy atom.